The Morgan fingerprint density at radius 2 is 1.24 bits per heavy atom. The van der Waals surface area contributed by atoms with Gasteiger partial charge in [-0.3, -0.25) is 0 Å². The predicted molar refractivity (Wildman–Crippen MR) is 101 cm³/mol. The first kappa shape index (κ1) is 27.9. The van der Waals surface area contributed by atoms with Gasteiger partial charge in [-0.05, 0) is 0 Å². The van der Waals surface area contributed by atoms with Crippen LogP contribution in [0.3, 0.4) is 0 Å². The van der Waals surface area contributed by atoms with Crippen molar-refractivity contribution in [2.75, 3.05) is 19.8 Å². The summed E-state index contributed by atoms with van der Waals surface area (Å²) in [7, 11) is 0. The third kappa shape index (κ3) is 4.59. The molecule has 15 atom stereocenters. The van der Waals surface area contributed by atoms with Gasteiger partial charge in [0.15, 0.2) is 18.2 Å². The van der Waals surface area contributed by atoms with E-state index in [-0.39, 0.29) is 0 Å². The van der Waals surface area contributed by atoms with Crippen molar-refractivity contribution in [2.45, 2.75) is 91.4 Å². The van der Waals surface area contributed by atoms with Gasteiger partial charge in [-0.1, -0.05) is 0 Å². The molecule has 0 unspecified atom stereocenters. The largest absolute Gasteiger partial charge is 0.394 e. The lowest BCUT2D eigenvalue weighted by Crippen LogP contribution is -2.77. The molecule has 3 saturated heterocycles. The van der Waals surface area contributed by atoms with Crippen molar-refractivity contribution in [3.63, 3.8) is 0 Å². The minimum absolute atomic E-state index is 0.810. The minimum atomic E-state index is -2.82. The van der Waals surface area contributed by atoms with E-state index in [0.29, 0.717) is 0 Å². The minimum Gasteiger partial charge on any atom is -0.394 e. The van der Waals surface area contributed by atoms with Crippen LogP contribution in [0.4, 0.5) is 0 Å². The normalized spacial score (nSPS) is 54.7. The number of rotatable bonds is 6. The van der Waals surface area contributed by atoms with Crippen LogP contribution in [-0.2, 0) is 18.9 Å². The van der Waals surface area contributed by atoms with E-state index in [4.69, 9.17) is 18.9 Å². The van der Waals surface area contributed by atoms with E-state index in [1.165, 1.54) is 0 Å². The molecule has 3 fully saturated rings. The lowest BCUT2D eigenvalue weighted by Gasteiger charge is -2.55. The second kappa shape index (κ2) is 10.8. The molecule has 0 aromatic rings. The van der Waals surface area contributed by atoms with Crippen LogP contribution in [-0.4, -0.2) is 173 Å². The molecule has 0 aliphatic carbocycles. The third-order valence-electron chi connectivity index (χ3n) is 6.53. The van der Waals surface area contributed by atoms with E-state index in [1.807, 2.05) is 0 Å². The van der Waals surface area contributed by atoms with Crippen LogP contribution in [0.2, 0.25) is 0 Å². The molecule has 3 aliphatic heterocycles. The van der Waals surface area contributed by atoms with Crippen LogP contribution < -0.4 is 0 Å². The Morgan fingerprint density at radius 3 is 1.79 bits per heavy atom. The molecule has 0 bridgehead atoms. The Hall–Kier alpha value is -0.640. The van der Waals surface area contributed by atoms with Crippen molar-refractivity contribution >= 4 is 0 Å². The van der Waals surface area contributed by atoms with Crippen LogP contribution in [0.1, 0.15) is 0 Å². The molecule has 0 spiro atoms. The molecule has 12 N–H and O–H groups in total. The maximum absolute atomic E-state index is 11.2. The van der Waals surface area contributed by atoms with Crippen molar-refractivity contribution < 1.29 is 80.2 Å². The van der Waals surface area contributed by atoms with E-state index in [1.54, 1.807) is 0 Å². The fraction of sp³-hybridized carbons (Fsp3) is 1.00. The van der Waals surface area contributed by atoms with Crippen LogP contribution in [0.15, 0.2) is 0 Å². The number of ether oxygens (including phenoxy) is 4. The fourth-order valence-corrected chi connectivity index (χ4v) is 4.49. The molecule has 0 aromatic heterocycles. The zero-order valence-electron chi connectivity index (χ0n) is 17.7. The Labute approximate surface area is 192 Å². The Morgan fingerprint density at radius 1 is 0.618 bits per heavy atom. The molecular formula is C18H32O16. The summed E-state index contributed by atoms with van der Waals surface area (Å²) < 4.78 is 20.9. The van der Waals surface area contributed by atoms with E-state index in [0.717, 1.165) is 0 Å². The molecule has 3 aliphatic rings. The highest BCUT2D eigenvalue weighted by Crippen LogP contribution is 2.40. The number of aliphatic hydroxyl groups excluding tert-OH is 11. The van der Waals surface area contributed by atoms with Gasteiger partial charge in [0.05, 0.1) is 19.8 Å². The summed E-state index contributed by atoms with van der Waals surface area (Å²) in [4.78, 5) is 0. The molecule has 0 radical (unpaired) electrons. The second-order valence-corrected chi connectivity index (χ2v) is 8.58. The maximum Gasteiger partial charge on any atom is 0.187 e. The van der Waals surface area contributed by atoms with Crippen molar-refractivity contribution in [3.05, 3.63) is 0 Å². The molecule has 16 nitrogen and oxygen atoms in total. The summed E-state index contributed by atoms with van der Waals surface area (Å²) in [6.45, 7) is -2.73. The first-order chi connectivity index (χ1) is 15.9. The first-order valence-corrected chi connectivity index (χ1v) is 10.5. The molecule has 0 aromatic carbocycles. The standard InChI is InChI=1S/C18H32O16/c19-1-4-7(22)8(23)10(25)15(31-4)18(30)6(3-21)33-17(12(27)14(18)28)34-13-5(2-20)32-16(29)11(26)9(13)24/h4-17,19-30H,1-3H2/t4-,5-,6-,7+,8+,9-,10-,11-,12-,13-,14-,15+,16+,17+,18+/m1/s1. The smallest absolute Gasteiger partial charge is 0.187 e. The van der Waals surface area contributed by atoms with E-state index < -0.39 is 111 Å². The van der Waals surface area contributed by atoms with Crippen molar-refractivity contribution in [1.29, 1.82) is 0 Å². The highest BCUT2D eigenvalue weighted by Gasteiger charge is 2.64. The SMILES string of the molecule is OC[C@H]1O[C@H]([C@@]2(O)[C@H](O)[C@@H](O)[C@H](O[C@H]3[C@H](O)[C@@H](O)[C@@H](O)O[C@@H]3CO)O[C@@H]2CO)[C@H](O)[C@@H](O)[C@H]1O. The molecular weight excluding hydrogens is 472 g/mol. The van der Waals surface area contributed by atoms with Crippen molar-refractivity contribution in [1.82, 2.24) is 0 Å². The summed E-state index contributed by atoms with van der Waals surface area (Å²) in [5.41, 5.74) is -2.82. The van der Waals surface area contributed by atoms with E-state index >= 15 is 0 Å². The van der Waals surface area contributed by atoms with Gasteiger partial charge in [-0.15, -0.1) is 0 Å². The predicted octanol–water partition coefficient (Wildman–Crippen LogP) is -8.18. The summed E-state index contributed by atoms with van der Waals surface area (Å²) >= 11 is 0. The highest BCUT2D eigenvalue weighted by molar-refractivity contribution is 5.12. The van der Waals surface area contributed by atoms with Crippen LogP contribution in [0, 0.1) is 0 Å². The maximum atomic E-state index is 11.2. The van der Waals surface area contributed by atoms with Crippen LogP contribution in [0.25, 0.3) is 0 Å². The van der Waals surface area contributed by atoms with Gasteiger partial charge in [0.2, 0.25) is 0 Å². The van der Waals surface area contributed by atoms with Crippen molar-refractivity contribution in [2.24, 2.45) is 0 Å². The lowest BCUT2D eigenvalue weighted by atomic mass is 9.75. The molecule has 3 heterocycles. The average Bonchev–Trinajstić information content (AvgIpc) is 2.82. The molecule has 34 heavy (non-hydrogen) atoms. The highest BCUT2D eigenvalue weighted by atomic mass is 16.7. The monoisotopic (exact) mass is 504 g/mol. The Bertz CT molecular complexity index is 662. The number of aliphatic hydroxyl groups is 12. The van der Waals surface area contributed by atoms with Gasteiger partial charge >= 0.3 is 0 Å². The first-order valence-electron chi connectivity index (χ1n) is 10.5. The number of hydrogen-bond acceptors (Lipinski definition) is 16. The van der Waals surface area contributed by atoms with Gasteiger partial charge in [0.1, 0.15) is 73.2 Å². The summed E-state index contributed by atoms with van der Waals surface area (Å²) in [6.07, 6.45) is -26.2. The zero-order valence-corrected chi connectivity index (χ0v) is 17.7. The lowest BCUT2D eigenvalue weighted by molar-refractivity contribution is -0.391. The summed E-state index contributed by atoms with van der Waals surface area (Å²) in [5, 5.41) is 121. The molecule has 3 rings (SSSR count). The molecule has 0 saturated carbocycles. The molecule has 0 amide bonds. The Balaban J connectivity index is 1.85. The third-order valence-corrected chi connectivity index (χ3v) is 6.53. The second-order valence-electron chi connectivity index (χ2n) is 8.58. The number of hydrogen-bond donors (Lipinski definition) is 12. The van der Waals surface area contributed by atoms with Gasteiger partial charge in [-0.25, -0.2) is 0 Å². The summed E-state index contributed by atoms with van der Waals surface area (Å²) in [6, 6.07) is 0. The van der Waals surface area contributed by atoms with E-state index in [9.17, 15) is 61.3 Å². The van der Waals surface area contributed by atoms with Gasteiger partial charge < -0.3 is 80.2 Å². The summed E-state index contributed by atoms with van der Waals surface area (Å²) in [5.74, 6) is 0. The van der Waals surface area contributed by atoms with Crippen LogP contribution in [0.5, 0.6) is 0 Å². The zero-order chi connectivity index (χ0) is 25.5. The topological polar surface area (TPSA) is 280 Å². The molecule has 16 heteroatoms. The fourth-order valence-electron chi connectivity index (χ4n) is 4.49. The van der Waals surface area contributed by atoms with Crippen molar-refractivity contribution in [3.8, 4) is 0 Å². The Kier molecular flexibility index (Phi) is 8.85. The van der Waals surface area contributed by atoms with E-state index in [2.05, 4.69) is 0 Å². The molecule has 200 valence electrons. The average molecular weight is 504 g/mol. The van der Waals surface area contributed by atoms with Gasteiger partial charge in [-0.2, -0.15) is 0 Å². The van der Waals surface area contributed by atoms with Crippen LogP contribution >= 0.6 is 0 Å². The van der Waals surface area contributed by atoms with Gasteiger partial charge in [0, 0.05) is 0 Å². The van der Waals surface area contributed by atoms with Gasteiger partial charge in [0.25, 0.3) is 0 Å². The quantitative estimate of drug-likeness (QED) is 0.160.